The highest BCUT2D eigenvalue weighted by Crippen LogP contribution is 2.23. The fourth-order valence-electron chi connectivity index (χ4n) is 1.91. The van der Waals surface area contributed by atoms with Crippen molar-refractivity contribution in [1.29, 1.82) is 0 Å². The van der Waals surface area contributed by atoms with E-state index in [1.165, 1.54) is 5.56 Å². The Morgan fingerprint density at radius 1 is 1.29 bits per heavy atom. The third-order valence-electron chi connectivity index (χ3n) is 2.97. The summed E-state index contributed by atoms with van der Waals surface area (Å²) in [4.78, 5) is 10.7. The van der Waals surface area contributed by atoms with Crippen LogP contribution in [0.4, 0.5) is 5.69 Å². The summed E-state index contributed by atoms with van der Waals surface area (Å²) < 4.78 is 6.28. The molecule has 2 aromatic rings. The number of amides is 1. The van der Waals surface area contributed by atoms with Crippen LogP contribution in [-0.4, -0.2) is 12.5 Å². The van der Waals surface area contributed by atoms with Gasteiger partial charge in [0.2, 0.25) is 0 Å². The molecule has 21 heavy (non-hydrogen) atoms. The number of hydrogen-bond acceptors (Lipinski definition) is 3. The maximum Gasteiger partial charge on any atom is 0.255 e. The summed E-state index contributed by atoms with van der Waals surface area (Å²) in [5.41, 5.74) is 7.21. The second-order valence-corrected chi connectivity index (χ2v) is 5.62. The van der Waals surface area contributed by atoms with E-state index < -0.39 is 5.91 Å². The van der Waals surface area contributed by atoms with Crippen molar-refractivity contribution in [2.75, 3.05) is 11.9 Å². The van der Waals surface area contributed by atoms with Gasteiger partial charge in [0.05, 0.1) is 0 Å². The van der Waals surface area contributed by atoms with Crippen LogP contribution in [0.1, 0.15) is 18.5 Å². The van der Waals surface area contributed by atoms with E-state index in [4.69, 9.17) is 10.5 Å². The number of benzene rings is 2. The zero-order valence-electron chi connectivity index (χ0n) is 11.7. The van der Waals surface area contributed by atoms with Crippen molar-refractivity contribution in [3.05, 3.63) is 58.6 Å². The maximum absolute atomic E-state index is 10.7. The first-order chi connectivity index (χ1) is 10.0. The van der Waals surface area contributed by atoms with Crippen molar-refractivity contribution in [1.82, 2.24) is 0 Å². The zero-order chi connectivity index (χ0) is 15.2. The van der Waals surface area contributed by atoms with Crippen LogP contribution in [0.2, 0.25) is 0 Å². The quantitative estimate of drug-likeness (QED) is 0.839. The van der Waals surface area contributed by atoms with Gasteiger partial charge in [-0.15, -0.1) is 0 Å². The van der Waals surface area contributed by atoms with Gasteiger partial charge in [-0.3, -0.25) is 4.79 Å². The van der Waals surface area contributed by atoms with Gasteiger partial charge in [-0.25, -0.2) is 0 Å². The molecule has 0 aromatic heterocycles. The van der Waals surface area contributed by atoms with Gasteiger partial charge in [0.1, 0.15) is 5.75 Å². The molecule has 110 valence electrons. The molecule has 0 aliphatic heterocycles. The number of ether oxygens (including phenoxy) is 1. The average molecular weight is 349 g/mol. The monoisotopic (exact) mass is 348 g/mol. The molecule has 3 N–H and O–H groups in total. The molecular formula is C16H17BrN2O2. The second-order valence-electron chi connectivity index (χ2n) is 4.70. The van der Waals surface area contributed by atoms with Crippen LogP contribution in [-0.2, 0) is 4.79 Å². The predicted octanol–water partition coefficient (Wildman–Crippen LogP) is 3.49. The highest BCUT2D eigenvalue weighted by Gasteiger charge is 2.06. The summed E-state index contributed by atoms with van der Waals surface area (Å²) in [5, 5.41) is 3.41. The van der Waals surface area contributed by atoms with Gasteiger partial charge in [-0.05, 0) is 48.9 Å². The van der Waals surface area contributed by atoms with E-state index in [9.17, 15) is 4.79 Å². The molecule has 2 aromatic carbocycles. The smallest absolute Gasteiger partial charge is 0.255 e. The summed E-state index contributed by atoms with van der Waals surface area (Å²) in [6.07, 6.45) is 0. The number of nitrogens with two attached hydrogens (primary N) is 1. The molecule has 0 radical (unpaired) electrons. The van der Waals surface area contributed by atoms with Crippen LogP contribution in [0.25, 0.3) is 0 Å². The van der Waals surface area contributed by atoms with Crippen LogP contribution < -0.4 is 15.8 Å². The van der Waals surface area contributed by atoms with Gasteiger partial charge >= 0.3 is 0 Å². The molecule has 1 unspecified atom stereocenters. The van der Waals surface area contributed by atoms with Crippen LogP contribution in [0.15, 0.2) is 53.0 Å². The third-order valence-corrected chi connectivity index (χ3v) is 3.46. The van der Waals surface area contributed by atoms with E-state index in [0.29, 0.717) is 5.75 Å². The number of hydrogen-bond donors (Lipinski definition) is 2. The summed E-state index contributed by atoms with van der Waals surface area (Å²) in [5.74, 6) is 0.134. The Bertz CT molecular complexity index is 614. The van der Waals surface area contributed by atoms with Crippen molar-refractivity contribution >= 4 is 27.5 Å². The topological polar surface area (TPSA) is 64.3 Å². The number of carbonyl (C=O) groups is 1. The van der Waals surface area contributed by atoms with Gasteiger partial charge in [-0.2, -0.15) is 0 Å². The predicted molar refractivity (Wildman–Crippen MR) is 87.3 cm³/mol. The van der Waals surface area contributed by atoms with E-state index in [1.807, 2.05) is 24.3 Å². The van der Waals surface area contributed by atoms with Crippen molar-refractivity contribution in [2.45, 2.75) is 13.0 Å². The average Bonchev–Trinajstić information content (AvgIpc) is 2.46. The van der Waals surface area contributed by atoms with Gasteiger partial charge in [0.15, 0.2) is 6.61 Å². The molecule has 0 fully saturated rings. The number of rotatable bonds is 6. The fraction of sp³-hybridized carbons (Fsp3) is 0.188. The Balaban J connectivity index is 1.98. The molecule has 0 saturated heterocycles. The normalized spacial score (nSPS) is 11.7. The second kappa shape index (κ2) is 7.13. The number of carbonyl (C=O) groups excluding carboxylic acids is 1. The highest BCUT2D eigenvalue weighted by atomic mass is 79.9. The summed E-state index contributed by atoms with van der Waals surface area (Å²) in [7, 11) is 0. The van der Waals surface area contributed by atoms with Crippen LogP contribution in [0, 0.1) is 0 Å². The lowest BCUT2D eigenvalue weighted by Crippen LogP contribution is -2.19. The van der Waals surface area contributed by atoms with E-state index >= 15 is 0 Å². The molecule has 5 heteroatoms. The number of nitrogens with one attached hydrogen (secondary N) is 1. The first-order valence-electron chi connectivity index (χ1n) is 6.58. The molecule has 4 nitrogen and oxygen atoms in total. The molecule has 2 rings (SSSR count). The van der Waals surface area contributed by atoms with E-state index in [1.54, 1.807) is 12.1 Å². The SMILES string of the molecule is CC(Nc1ccc(OCC(N)=O)cc1)c1cccc(Br)c1. The van der Waals surface area contributed by atoms with Crippen LogP contribution >= 0.6 is 15.9 Å². The standard InChI is InChI=1S/C16H17BrN2O2/c1-11(12-3-2-4-13(17)9-12)19-14-5-7-15(8-6-14)21-10-16(18)20/h2-9,11,19H,10H2,1H3,(H2,18,20). The molecule has 1 atom stereocenters. The largest absolute Gasteiger partial charge is 0.484 e. The molecule has 0 spiro atoms. The van der Waals surface area contributed by atoms with Gasteiger partial charge < -0.3 is 15.8 Å². The van der Waals surface area contributed by atoms with E-state index in [-0.39, 0.29) is 12.6 Å². The highest BCUT2D eigenvalue weighted by molar-refractivity contribution is 9.10. The first kappa shape index (κ1) is 15.4. The van der Waals surface area contributed by atoms with Crippen molar-refractivity contribution in [3.63, 3.8) is 0 Å². The summed E-state index contributed by atoms with van der Waals surface area (Å²) in [6, 6.07) is 15.8. The molecule has 0 bridgehead atoms. The lowest BCUT2D eigenvalue weighted by Gasteiger charge is -2.16. The minimum atomic E-state index is -0.486. The number of anilines is 1. The third kappa shape index (κ3) is 4.79. The van der Waals surface area contributed by atoms with Crippen molar-refractivity contribution in [3.8, 4) is 5.75 Å². The van der Waals surface area contributed by atoms with Crippen molar-refractivity contribution in [2.24, 2.45) is 5.73 Å². The van der Waals surface area contributed by atoms with Gasteiger partial charge in [-0.1, -0.05) is 28.1 Å². The van der Waals surface area contributed by atoms with E-state index in [0.717, 1.165) is 10.2 Å². The lowest BCUT2D eigenvalue weighted by molar-refractivity contribution is -0.119. The van der Waals surface area contributed by atoms with Gasteiger partial charge in [0.25, 0.3) is 5.91 Å². The zero-order valence-corrected chi connectivity index (χ0v) is 13.3. The summed E-state index contributed by atoms with van der Waals surface area (Å²) >= 11 is 3.47. The lowest BCUT2D eigenvalue weighted by atomic mass is 10.1. The molecule has 0 saturated carbocycles. The maximum atomic E-state index is 10.7. The molecule has 1 amide bonds. The Hall–Kier alpha value is -2.01. The molecule has 0 aliphatic carbocycles. The number of primary amides is 1. The summed E-state index contributed by atoms with van der Waals surface area (Å²) in [6.45, 7) is 1.99. The van der Waals surface area contributed by atoms with Crippen LogP contribution in [0.3, 0.4) is 0 Å². The Morgan fingerprint density at radius 2 is 2.00 bits per heavy atom. The molecule has 0 aliphatic rings. The van der Waals surface area contributed by atoms with Crippen LogP contribution in [0.5, 0.6) is 5.75 Å². The Morgan fingerprint density at radius 3 is 2.62 bits per heavy atom. The van der Waals surface area contributed by atoms with Gasteiger partial charge in [0, 0.05) is 16.2 Å². The van der Waals surface area contributed by atoms with E-state index in [2.05, 4.69) is 40.3 Å². The minimum Gasteiger partial charge on any atom is -0.484 e. The molecule has 0 heterocycles. The molecular weight excluding hydrogens is 332 g/mol. The Labute approximate surface area is 132 Å². The first-order valence-corrected chi connectivity index (χ1v) is 7.37. The fourth-order valence-corrected chi connectivity index (χ4v) is 2.33. The number of halogens is 1. The van der Waals surface area contributed by atoms with Crippen molar-refractivity contribution < 1.29 is 9.53 Å². The minimum absolute atomic E-state index is 0.110. The Kier molecular flexibility index (Phi) is 5.22.